The number of hydrogen-bond donors (Lipinski definition) is 2. The SMILES string of the molecule is Cc1cccc(N)c1N(C)CC(N)=O. The van der Waals surface area contributed by atoms with Crippen molar-refractivity contribution in [3.63, 3.8) is 0 Å². The van der Waals surface area contributed by atoms with Gasteiger partial charge in [-0.3, -0.25) is 4.79 Å². The molecule has 0 spiro atoms. The second kappa shape index (κ2) is 4.00. The molecule has 0 aliphatic rings. The highest BCUT2D eigenvalue weighted by Gasteiger charge is 2.09. The molecule has 0 fully saturated rings. The van der Waals surface area contributed by atoms with Gasteiger partial charge in [0, 0.05) is 7.05 Å². The number of rotatable bonds is 3. The van der Waals surface area contributed by atoms with Crippen LogP contribution < -0.4 is 16.4 Å². The minimum Gasteiger partial charge on any atom is -0.397 e. The van der Waals surface area contributed by atoms with Crippen LogP contribution in [0.5, 0.6) is 0 Å². The fourth-order valence-corrected chi connectivity index (χ4v) is 1.52. The summed E-state index contributed by atoms with van der Waals surface area (Å²) in [4.78, 5) is 12.5. The highest BCUT2D eigenvalue weighted by molar-refractivity contribution is 5.82. The minimum atomic E-state index is -0.366. The van der Waals surface area contributed by atoms with Gasteiger partial charge in [0.05, 0.1) is 17.9 Å². The van der Waals surface area contributed by atoms with Crippen LogP contribution in [0.4, 0.5) is 11.4 Å². The Morgan fingerprint density at radius 2 is 2.14 bits per heavy atom. The second-order valence-corrected chi connectivity index (χ2v) is 3.34. The zero-order valence-corrected chi connectivity index (χ0v) is 8.45. The van der Waals surface area contributed by atoms with Crippen molar-refractivity contribution in [1.29, 1.82) is 0 Å². The number of anilines is 2. The molecule has 76 valence electrons. The van der Waals surface area contributed by atoms with Crippen molar-refractivity contribution < 1.29 is 4.79 Å². The van der Waals surface area contributed by atoms with Gasteiger partial charge in [0.15, 0.2) is 0 Å². The average Bonchev–Trinajstić information content (AvgIpc) is 2.01. The molecule has 0 aliphatic carbocycles. The number of para-hydroxylation sites is 1. The molecule has 0 unspecified atom stereocenters. The Bertz CT molecular complexity index is 329. The fraction of sp³-hybridized carbons (Fsp3) is 0.300. The van der Waals surface area contributed by atoms with E-state index in [9.17, 15) is 4.79 Å². The highest BCUT2D eigenvalue weighted by Crippen LogP contribution is 2.25. The van der Waals surface area contributed by atoms with Crippen LogP contribution >= 0.6 is 0 Å². The first-order valence-corrected chi connectivity index (χ1v) is 4.37. The Labute approximate surface area is 83.5 Å². The number of benzene rings is 1. The van der Waals surface area contributed by atoms with Crippen LogP contribution in [0.25, 0.3) is 0 Å². The molecule has 0 heterocycles. The summed E-state index contributed by atoms with van der Waals surface area (Å²) in [6.07, 6.45) is 0. The Hall–Kier alpha value is -1.71. The standard InChI is InChI=1S/C10H15N3O/c1-7-4-3-5-8(11)10(7)13(2)6-9(12)14/h3-5H,6,11H2,1-2H3,(H2,12,14). The summed E-state index contributed by atoms with van der Waals surface area (Å²) in [6, 6.07) is 5.63. The molecule has 4 N–H and O–H groups in total. The third kappa shape index (κ3) is 2.16. The quantitative estimate of drug-likeness (QED) is 0.686. The van der Waals surface area contributed by atoms with Crippen LogP contribution in [0, 0.1) is 6.92 Å². The zero-order chi connectivity index (χ0) is 10.7. The van der Waals surface area contributed by atoms with Gasteiger partial charge >= 0.3 is 0 Å². The fourth-order valence-electron chi connectivity index (χ4n) is 1.52. The number of hydrogen-bond acceptors (Lipinski definition) is 3. The van der Waals surface area contributed by atoms with E-state index in [1.165, 1.54) is 0 Å². The Morgan fingerprint density at radius 3 is 2.64 bits per heavy atom. The number of primary amides is 1. The highest BCUT2D eigenvalue weighted by atomic mass is 16.1. The van der Waals surface area contributed by atoms with Crippen LogP contribution in [0.1, 0.15) is 5.56 Å². The number of carbonyl (C=O) groups excluding carboxylic acids is 1. The lowest BCUT2D eigenvalue weighted by Crippen LogP contribution is -2.31. The number of carbonyl (C=O) groups is 1. The van der Waals surface area contributed by atoms with Gasteiger partial charge in [-0.25, -0.2) is 0 Å². The van der Waals surface area contributed by atoms with E-state index in [2.05, 4.69) is 0 Å². The first-order valence-electron chi connectivity index (χ1n) is 4.37. The molecule has 0 saturated heterocycles. The molecule has 0 aromatic heterocycles. The Balaban J connectivity index is 2.99. The molecule has 1 aromatic rings. The summed E-state index contributed by atoms with van der Waals surface area (Å²) >= 11 is 0. The molecule has 4 heteroatoms. The van der Waals surface area contributed by atoms with Crippen molar-refractivity contribution in [3.8, 4) is 0 Å². The first kappa shape index (κ1) is 10.4. The largest absolute Gasteiger partial charge is 0.397 e. The summed E-state index contributed by atoms with van der Waals surface area (Å²) in [5.74, 6) is -0.366. The lowest BCUT2D eigenvalue weighted by molar-refractivity contribution is -0.116. The predicted octanol–water partition coefficient (Wildman–Crippen LogP) is 0.499. The van der Waals surface area contributed by atoms with E-state index in [0.717, 1.165) is 11.3 Å². The van der Waals surface area contributed by atoms with E-state index in [1.807, 2.05) is 19.1 Å². The lowest BCUT2D eigenvalue weighted by Gasteiger charge is -2.21. The van der Waals surface area contributed by atoms with Crippen molar-refractivity contribution in [3.05, 3.63) is 23.8 Å². The summed E-state index contributed by atoms with van der Waals surface area (Å²) in [6.45, 7) is 2.12. The summed E-state index contributed by atoms with van der Waals surface area (Å²) < 4.78 is 0. The normalized spacial score (nSPS) is 9.86. The topological polar surface area (TPSA) is 72.3 Å². The van der Waals surface area contributed by atoms with E-state index in [1.54, 1.807) is 18.0 Å². The molecular weight excluding hydrogens is 178 g/mol. The molecule has 1 amide bonds. The third-order valence-corrected chi connectivity index (χ3v) is 2.04. The smallest absolute Gasteiger partial charge is 0.236 e. The number of aryl methyl sites for hydroxylation is 1. The van der Waals surface area contributed by atoms with Gasteiger partial charge in [-0.2, -0.15) is 0 Å². The van der Waals surface area contributed by atoms with Gasteiger partial charge in [-0.1, -0.05) is 12.1 Å². The maximum absolute atomic E-state index is 10.7. The lowest BCUT2D eigenvalue weighted by atomic mass is 10.1. The van der Waals surface area contributed by atoms with Crippen LogP contribution in [0.2, 0.25) is 0 Å². The first-order chi connectivity index (χ1) is 6.52. The second-order valence-electron chi connectivity index (χ2n) is 3.34. The molecule has 0 radical (unpaired) electrons. The number of amides is 1. The van der Waals surface area contributed by atoms with E-state index < -0.39 is 0 Å². The molecule has 0 bridgehead atoms. The molecule has 14 heavy (non-hydrogen) atoms. The van der Waals surface area contributed by atoms with Gasteiger partial charge < -0.3 is 16.4 Å². The van der Waals surface area contributed by atoms with Crippen LogP contribution in [-0.2, 0) is 4.79 Å². The maximum Gasteiger partial charge on any atom is 0.236 e. The zero-order valence-electron chi connectivity index (χ0n) is 8.45. The number of likely N-dealkylation sites (N-methyl/N-ethyl adjacent to an activating group) is 1. The number of nitrogen functional groups attached to an aromatic ring is 1. The molecule has 4 nitrogen and oxygen atoms in total. The van der Waals surface area contributed by atoms with Crippen molar-refractivity contribution in [2.75, 3.05) is 24.2 Å². The average molecular weight is 193 g/mol. The van der Waals surface area contributed by atoms with Crippen LogP contribution in [-0.4, -0.2) is 19.5 Å². The molecule has 0 saturated carbocycles. The monoisotopic (exact) mass is 193 g/mol. The van der Waals surface area contributed by atoms with Crippen molar-refractivity contribution in [2.24, 2.45) is 5.73 Å². The van der Waals surface area contributed by atoms with Gasteiger partial charge in [0.1, 0.15) is 0 Å². The summed E-state index contributed by atoms with van der Waals surface area (Å²) in [7, 11) is 1.80. The number of nitrogens with two attached hydrogens (primary N) is 2. The molecule has 0 aliphatic heterocycles. The maximum atomic E-state index is 10.7. The Morgan fingerprint density at radius 1 is 1.50 bits per heavy atom. The van der Waals surface area contributed by atoms with Crippen molar-refractivity contribution >= 4 is 17.3 Å². The minimum absolute atomic E-state index is 0.176. The van der Waals surface area contributed by atoms with Gasteiger partial charge in [0.2, 0.25) is 5.91 Å². The summed E-state index contributed by atoms with van der Waals surface area (Å²) in [5, 5.41) is 0. The third-order valence-electron chi connectivity index (χ3n) is 2.04. The predicted molar refractivity (Wildman–Crippen MR) is 58.1 cm³/mol. The van der Waals surface area contributed by atoms with E-state index >= 15 is 0 Å². The van der Waals surface area contributed by atoms with E-state index in [0.29, 0.717) is 5.69 Å². The van der Waals surface area contributed by atoms with E-state index in [-0.39, 0.29) is 12.5 Å². The number of nitrogens with zero attached hydrogens (tertiary/aromatic N) is 1. The Kier molecular flexibility index (Phi) is 2.96. The van der Waals surface area contributed by atoms with Gasteiger partial charge in [-0.15, -0.1) is 0 Å². The van der Waals surface area contributed by atoms with Gasteiger partial charge in [0.25, 0.3) is 0 Å². The van der Waals surface area contributed by atoms with E-state index in [4.69, 9.17) is 11.5 Å². The molecule has 0 atom stereocenters. The van der Waals surface area contributed by atoms with Gasteiger partial charge in [-0.05, 0) is 18.6 Å². The van der Waals surface area contributed by atoms with Crippen molar-refractivity contribution in [2.45, 2.75) is 6.92 Å². The molecule has 1 rings (SSSR count). The molecule has 1 aromatic carbocycles. The molecular formula is C10H15N3O. The van der Waals surface area contributed by atoms with Crippen molar-refractivity contribution in [1.82, 2.24) is 0 Å². The summed E-state index contributed by atoms with van der Waals surface area (Å²) in [5.41, 5.74) is 13.5. The van der Waals surface area contributed by atoms with Crippen LogP contribution in [0.3, 0.4) is 0 Å². The van der Waals surface area contributed by atoms with Crippen LogP contribution in [0.15, 0.2) is 18.2 Å².